The van der Waals surface area contributed by atoms with Gasteiger partial charge in [0.15, 0.2) is 0 Å². The summed E-state index contributed by atoms with van der Waals surface area (Å²) < 4.78 is 13.6. The normalized spacial score (nSPS) is 10.0. The number of amides is 1. The number of carbonyl (C=O) groups excluding carboxylic acids is 1. The van der Waals surface area contributed by atoms with Gasteiger partial charge in [-0.1, -0.05) is 12.1 Å². The van der Waals surface area contributed by atoms with Crippen LogP contribution in [0.25, 0.3) is 0 Å². The minimum Gasteiger partial charge on any atom is -0.289 e. The molecule has 1 N–H and O–H groups in total. The van der Waals surface area contributed by atoms with Gasteiger partial charge in [-0.3, -0.25) is 10.1 Å². The van der Waals surface area contributed by atoms with Crippen LogP contribution in [0.1, 0.15) is 15.9 Å². The molecule has 0 saturated heterocycles. The van der Waals surface area contributed by atoms with Crippen LogP contribution in [0.4, 0.5) is 10.3 Å². The average molecular weight is 232 g/mol. The molecule has 0 aliphatic heterocycles. The van der Waals surface area contributed by atoms with Gasteiger partial charge in [0.1, 0.15) is 5.82 Å². The van der Waals surface area contributed by atoms with E-state index in [0.717, 1.165) is 0 Å². The van der Waals surface area contributed by atoms with Gasteiger partial charge in [0.2, 0.25) is 5.95 Å². The SMILES string of the molecule is Cc1cccc(C(=O)Nc2nccnn2)c1F. The van der Waals surface area contributed by atoms with Gasteiger partial charge in [-0.2, -0.15) is 5.10 Å². The molecule has 17 heavy (non-hydrogen) atoms. The largest absolute Gasteiger partial charge is 0.289 e. The molecule has 0 radical (unpaired) electrons. The zero-order valence-corrected chi connectivity index (χ0v) is 9.01. The fraction of sp³-hybridized carbons (Fsp3) is 0.0909. The molecule has 0 atom stereocenters. The Morgan fingerprint density at radius 3 is 2.88 bits per heavy atom. The topological polar surface area (TPSA) is 67.8 Å². The number of nitrogens with one attached hydrogen (secondary N) is 1. The van der Waals surface area contributed by atoms with E-state index >= 15 is 0 Å². The summed E-state index contributed by atoms with van der Waals surface area (Å²) >= 11 is 0. The third kappa shape index (κ3) is 2.41. The summed E-state index contributed by atoms with van der Waals surface area (Å²) in [6.07, 6.45) is 2.76. The van der Waals surface area contributed by atoms with Crippen LogP contribution in [-0.2, 0) is 0 Å². The van der Waals surface area contributed by atoms with Gasteiger partial charge in [0, 0.05) is 0 Å². The van der Waals surface area contributed by atoms with Crippen LogP contribution in [0.2, 0.25) is 0 Å². The highest BCUT2D eigenvalue weighted by atomic mass is 19.1. The molecule has 1 aromatic carbocycles. The van der Waals surface area contributed by atoms with Crippen LogP contribution in [-0.4, -0.2) is 21.1 Å². The molecular weight excluding hydrogens is 223 g/mol. The number of halogens is 1. The molecule has 0 spiro atoms. The quantitative estimate of drug-likeness (QED) is 0.853. The number of hydrogen-bond donors (Lipinski definition) is 1. The lowest BCUT2D eigenvalue weighted by Gasteiger charge is -2.05. The van der Waals surface area contributed by atoms with Crippen LogP contribution in [0, 0.1) is 12.7 Å². The minimum atomic E-state index is -0.598. The van der Waals surface area contributed by atoms with E-state index in [4.69, 9.17) is 0 Å². The zero-order chi connectivity index (χ0) is 12.3. The summed E-state index contributed by atoms with van der Waals surface area (Å²) in [7, 11) is 0. The fourth-order valence-corrected chi connectivity index (χ4v) is 1.30. The first-order valence-corrected chi connectivity index (χ1v) is 4.88. The monoisotopic (exact) mass is 232 g/mol. The second-order valence-corrected chi connectivity index (χ2v) is 3.36. The van der Waals surface area contributed by atoms with Gasteiger partial charge < -0.3 is 0 Å². The number of anilines is 1. The lowest BCUT2D eigenvalue weighted by molar-refractivity contribution is 0.102. The summed E-state index contributed by atoms with van der Waals surface area (Å²) in [5, 5.41) is 9.49. The molecule has 86 valence electrons. The third-order valence-corrected chi connectivity index (χ3v) is 2.14. The highest BCUT2D eigenvalue weighted by Gasteiger charge is 2.13. The smallest absolute Gasteiger partial charge is 0.261 e. The lowest BCUT2D eigenvalue weighted by atomic mass is 10.1. The Kier molecular flexibility index (Phi) is 3.04. The lowest BCUT2D eigenvalue weighted by Crippen LogP contribution is -2.16. The van der Waals surface area contributed by atoms with Gasteiger partial charge in [0.25, 0.3) is 5.91 Å². The molecule has 2 rings (SSSR count). The van der Waals surface area contributed by atoms with Crippen LogP contribution in [0.15, 0.2) is 30.6 Å². The van der Waals surface area contributed by atoms with E-state index in [-0.39, 0.29) is 11.5 Å². The van der Waals surface area contributed by atoms with Crippen LogP contribution in [0.3, 0.4) is 0 Å². The second kappa shape index (κ2) is 4.65. The zero-order valence-electron chi connectivity index (χ0n) is 9.01. The van der Waals surface area contributed by atoms with Crippen molar-refractivity contribution in [2.45, 2.75) is 6.92 Å². The molecule has 0 bridgehead atoms. The van der Waals surface area contributed by atoms with Crippen molar-refractivity contribution in [1.29, 1.82) is 0 Å². The molecule has 0 fully saturated rings. The Morgan fingerprint density at radius 1 is 1.35 bits per heavy atom. The average Bonchev–Trinajstić information content (AvgIpc) is 2.34. The Labute approximate surface area is 96.7 Å². The molecule has 0 saturated carbocycles. The van der Waals surface area contributed by atoms with Crippen molar-refractivity contribution in [2.75, 3.05) is 5.32 Å². The van der Waals surface area contributed by atoms with E-state index < -0.39 is 11.7 Å². The van der Waals surface area contributed by atoms with E-state index in [1.54, 1.807) is 19.1 Å². The van der Waals surface area contributed by atoms with E-state index in [2.05, 4.69) is 20.5 Å². The fourth-order valence-electron chi connectivity index (χ4n) is 1.30. The Hall–Kier alpha value is -2.37. The molecule has 1 amide bonds. The first kappa shape index (κ1) is 11.1. The van der Waals surface area contributed by atoms with Crippen LogP contribution >= 0.6 is 0 Å². The van der Waals surface area contributed by atoms with E-state index in [1.807, 2.05) is 0 Å². The van der Waals surface area contributed by atoms with Crippen LogP contribution < -0.4 is 5.32 Å². The van der Waals surface area contributed by atoms with E-state index in [9.17, 15) is 9.18 Å². The second-order valence-electron chi connectivity index (χ2n) is 3.36. The number of nitrogens with zero attached hydrogens (tertiary/aromatic N) is 3. The maximum absolute atomic E-state index is 13.6. The maximum Gasteiger partial charge on any atom is 0.261 e. The van der Waals surface area contributed by atoms with Crippen molar-refractivity contribution in [3.8, 4) is 0 Å². The highest BCUT2D eigenvalue weighted by molar-refractivity contribution is 6.03. The van der Waals surface area contributed by atoms with E-state index in [1.165, 1.54) is 18.5 Å². The molecule has 0 aliphatic carbocycles. The molecule has 1 aromatic heterocycles. The van der Waals surface area contributed by atoms with Crippen molar-refractivity contribution in [3.63, 3.8) is 0 Å². The van der Waals surface area contributed by atoms with Gasteiger partial charge in [-0.05, 0) is 18.6 Å². The number of aryl methyl sites for hydroxylation is 1. The molecule has 6 heteroatoms. The first-order chi connectivity index (χ1) is 8.18. The van der Waals surface area contributed by atoms with Gasteiger partial charge in [-0.15, -0.1) is 5.10 Å². The number of aromatic nitrogens is 3. The van der Waals surface area contributed by atoms with Gasteiger partial charge in [0.05, 0.1) is 18.0 Å². The summed E-state index contributed by atoms with van der Waals surface area (Å²) in [5.74, 6) is -1.11. The Bertz CT molecular complexity index is 544. The number of hydrogen-bond acceptors (Lipinski definition) is 4. The van der Waals surface area contributed by atoms with Crippen molar-refractivity contribution < 1.29 is 9.18 Å². The molecule has 0 unspecified atom stereocenters. The number of rotatable bonds is 2. The number of carbonyl (C=O) groups is 1. The molecule has 0 aliphatic rings. The molecular formula is C11H9FN4O. The standard InChI is InChI=1S/C11H9FN4O/c1-7-3-2-4-8(9(7)12)10(17)15-11-13-5-6-14-16-11/h2-6H,1H3,(H,13,15,16,17). The van der Waals surface area contributed by atoms with Crippen LogP contribution in [0.5, 0.6) is 0 Å². The van der Waals surface area contributed by atoms with Gasteiger partial charge in [-0.25, -0.2) is 9.37 Å². The van der Waals surface area contributed by atoms with Crippen molar-refractivity contribution in [2.24, 2.45) is 0 Å². The summed E-state index contributed by atoms with van der Waals surface area (Å²) in [6, 6.07) is 4.60. The predicted octanol–water partition coefficient (Wildman–Crippen LogP) is 1.57. The Morgan fingerprint density at radius 2 is 2.18 bits per heavy atom. The third-order valence-electron chi connectivity index (χ3n) is 2.14. The van der Waals surface area contributed by atoms with Gasteiger partial charge >= 0.3 is 0 Å². The van der Waals surface area contributed by atoms with Crippen molar-refractivity contribution in [3.05, 3.63) is 47.5 Å². The summed E-state index contributed by atoms with van der Waals surface area (Å²) in [6.45, 7) is 1.59. The number of benzene rings is 1. The maximum atomic E-state index is 13.6. The molecule has 5 nitrogen and oxygen atoms in total. The van der Waals surface area contributed by atoms with E-state index in [0.29, 0.717) is 5.56 Å². The molecule has 2 aromatic rings. The highest BCUT2D eigenvalue weighted by Crippen LogP contribution is 2.12. The molecule has 1 heterocycles. The first-order valence-electron chi connectivity index (χ1n) is 4.88. The Balaban J connectivity index is 2.24. The van der Waals surface area contributed by atoms with Crippen molar-refractivity contribution >= 4 is 11.9 Å². The summed E-state index contributed by atoms with van der Waals surface area (Å²) in [4.78, 5) is 15.5. The summed E-state index contributed by atoms with van der Waals surface area (Å²) in [5.41, 5.74) is 0.363. The predicted molar refractivity (Wildman–Crippen MR) is 58.9 cm³/mol. The van der Waals surface area contributed by atoms with Crippen molar-refractivity contribution in [1.82, 2.24) is 15.2 Å². The minimum absolute atomic E-state index is 0.0402.